The van der Waals surface area contributed by atoms with E-state index in [0.717, 1.165) is 29.0 Å². The summed E-state index contributed by atoms with van der Waals surface area (Å²) in [6.45, 7) is 1.66. The number of aliphatic hydroxyl groups is 1. The smallest absolute Gasteiger partial charge is 0.248 e. The molecular weight excluding hydrogens is 478 g/mol. The van der Waals surface area contributed by atoms with Crippen LogP contribution in [-0.2, 0) is 27.2 Å². The fourth-order valence-electron chi connectivity index (χ4n) is 5.12. The molecule has 0 aliphatic carbocycles. The fourth-order valence-corrected chi connectivity index (χ4v) is 5.79. The second-order valence-electron chi connectivity index (χ2n) is 9.56. The Kier molecular flexibility index (Phi) is 6.97. The highest BCUT2D eigenvalue weighted by molar-refractivity contribution is 7.09. The Morgan fingerprint density at radius 2 is 2.03 bits per heavy atom. The number of carbonyl (C=O) groups is 3. The molecule has 9 nitrogen and oxygen atoms in total. The predicted octanol–water partition coefficient (Wildman–Crippen LogP) is 2.05. The van der Waals surface area contributed by atoms with Gasteiger partial charge in [-0.15, -0.1) is 11.3 Å². The van der Waals surface area contributed by atoms with E-state index in [2.05, 4.69) is 21.4 Å². The molecular formula is C26H29N5O4S. The lowest BCUT2D eigenvalue weighted by molar-refractivity contribution is -0.140. The second-order valence-corrected chi connectivity index (χ2v) is 10.5. The van der Waals surface area contributed by atoms with E-state index in [0.29, 0.717) is 51.3 Å². The Morgan fingerprint density at radius 1 is 1.19 bits per heavy atom. The van der Waals surface area contributed by atoms with Crippen molar-refractivity contribution in [1.29, 1.82) is 0 Å². The number of nitrogens with zero attached hydrogens (tertiary/aromatic N) is 4. The molecule has 2 aromatic rings. The average Bonchev–Trinajstić information content (AvgIpc) is 3.41. The summed E-state index contributed by atoms with van der Waals surface area (Å²) in [5, 5.41) is 15.1. The lowest BCUT2D eigenvalue weighted by Gasteiger charge is -2.42. The number of fused-ring (bicyclic) bond motifs is 1. The zero-order valence-electron chi connectivity index (χ0n) is 20.0. The number of amides is 3. The lowest BCUT2D eigenvalue weighted by atomic mass is 9.71. The van der Waals surface area contributed by atoms with Crippen LogP contribution in [0.25, 0.3) is 6.08 Å². The quantitative estimate of drug-likeness (QED) is 0.473. The molecule has 5 rings (SSSR count). The normalized spacial score (nSPS) is 19.2. The molecule has 0 bridgehead atoms. The van der Waals surface area contributed by atoms with Gasteiger partial charge in [0.25, 0.3) is 0 Å². The van der Waals surface area contributed by atoms with Crippen molar-refractivity contribution in [2.75, 3.05) is 38.1 Å². The van der Waals surface area contributed by atoms with Crippen LogP contribution < -0.4 is 5.32 Å². The van der Waals surface area contributed by atoms with Crippen LogP contribution in [0, 0.1) is 5.41 Å². The lowest BCUT2D eigenvalue weighted by Crippen LogP contribution is -2.51. The van der Waals surface area contributed by atoms with Crippen molar-refractivity contribution in [3.63, 3.8) is 0 Å². The summed E-state index contributed by atoms with van der Waals surface area (Å²) in [5.41, 5.74) is 2.46. The van der Waals surface area contributed by atoms with Gasteiger partial charge in [-0.2, -0.15) is 0 Å². The Morgan fingerprint density at radius 3 is 2.72 bits per heavy atom. The topological polar surface area (TPSA) is 116 Å². The Bertz CT molecular complexity index is 1210. The van der Waals surface area contributed by atoms with E-state index >= 15 is 0 Å². The summed E-state index contributed by atoms with van der Waals surface area (Å²) in [6.07, 6.45) is 12.3. The number of rotatable bonds is 5. The first-order valence-corrected chi connectivity index (χ1v) is 13.1. The van der Waals surface area contributed by atoms with E-state index in [1.807, 2.05) is 22.5 Å². The van der Waals surface area contributed by atoms with Crippen molar-refractivity contribution in [3.05, 3.63) is 57.7 Å². The Labute approximate surface area is 213 Å². The third kappa shape index (κ3) is 5.10. The van der Waals surface area contributed by atoms with Crippen molar-refractivity contribution in [1.82, 2.24) is 19.8 Å². The van der Waals surface area contributed by atoms with Gasteiger partial charge in [0.1, 0.15) is 12.4 Å². The van der Waals surface area contributed by atoms with Crippen molar-refractivity contribution >= 4 is 41.0 Å². The van der Waals surface area contributed by atoms with Crippen LogP contribution in [0.5, 0.6) is 0 Å². The van der Waals surface area contributed by atoms with E-state index in [1.165, 1.54) is 5.57 Å². The van der Waals surface area contributed by atoms with Crippen LogP contribution in [0.2, 0.25) is 0 Å². The number of aromatic nitrogens is 2. The fraction of sp³-hybridized carbons (Fsp3) is 0.423. The molecule has 5 heterocycles. The monoisotopic (exact) mass is 507 g/mol. The number of likely N-dealkylation sites (tertiary alicyclic amines) is 1. The van der Waals surface area contributed by atoms with Crippen LogP contribution in [-0.4, -0.2) is 75.4 Å². The Balaban J connectivity index is 1.21. The highest BCUT2D eigenvalue weighted by Gasteiger charge is 2.45. The average molecular weight is 508 g/mol. The maximum absolute atomic E-state index is 12.9. The van der Waals surface area contributed by atoms with Crippen LogP contribution in [0.3, 0.4) is 0 Å². The minimum absolute atomic E-state index is 0.0389. The maximum atomic E-state index is 12.9. The summed E-state index contributed by atoms with van der Waals surface area (Å²) in [4.78, 5) is 49.6. The number of anilines is 1. The summed E-state index contributed by atoms with van der Waals surface area (Å²) in [5.74, 6) is 0.143. The molecule has 2 aromatic heterocycles. The molecule has 1 saturated heterocycles. The minimum Gasteiger partial charge on any atom is -0.387 e. The first-order chi connectivity index (χ1) is 17.5. The van der Waals surface area contributed by atoms with Gasteiger partial charge in [0.2, 0.25) is 17.7 Å². The van der Waals surface area contributed by atoms with Gasteiger partial charge in [0, 0.05) is 56.4 Å². The van der Waals surface area contributed by atoms with Gasteiger partial charge in [-0.3, -0.25) is 14.4 Å². The third-order valence-corrected chi connectivity index (χ3v) is 8.11. The number of hydrogen-bond acceptors (Lipinski definition) is 7. The molecule has 0 aromatic carbocycles. The summed E-state index contributed by atoms with van der Waals surface area (Å²) >= 11 is 1.65. The van der Waals surface area contributed by atoms with Gasteiger partial charge in [-0.05, 0) is 49.0 Å². The number of aliphatic hydroxyl groups excluding tert-OH is 1. The predicted molar refractivity (Wildman–Crippen MR) is 136 cm³/mol. The number of piperidine rings is 1. The molecule has 3 amide bonds. The zero-order chi connectivity index (χ0) is 25.1. The number of nitrogens with one attached hydrogen (secondary N) is 1. The number of hydrogen-bond donors (Lipinski definition) is 2. The van der Waals surface area contributed by atoms with Gasteiger partial charge in [0.15, 0.2) is 0 Å². The van der Waals surface area contributed by atoms with Crippen LogP contribution >= 0.6 is 11.3 Å². The first kappa shape index (κ1) is 24.3. The standard InChI is InChI=1S/C26H29N5O4S/c32-17-23(34)31-10-5-26(6-11-31)15-20-13-19(16-28-24(20)29-25(26)35)1-2-22(33)30-8-3-18(4-9-30)14-21-27-7-12-36-21/h1-3,7,12-13,16,32H,4-6,8-11,14-15,17H2,(H,28,29,35). The SMILES string of the molecule is O=C(C=Cc1cnc2c(c1)CC1(CCN(C(=O)CO)CC1)C(=O)N2)N1CC=C(Cc2nccs2)CC1. The van der Waals surface area contributed by atoms with Gasteiger partial charge >= 0.3 is 0 Å². The molecule has 0 radical (unpaired) electrons. The molecule has 3 aliphatic rings. The number of pyridine rings is 1. The molecule has 1 fully saturated rings. The molecule has 0 saturated carbocycles. The van der Waals surface area contributed by atoms with Crippen molar-refractivity contribution < 1.29 is 19.5 Å². The molecule has 2 N–H and O–H groups in total. The molecule has 10 heteroatoms. The van der Waals surface area contributed by atoms with E-state index in [4.69, 9.17) is 5.11 Å². The van der Waals surface area contributed by atoms with Gasteiger partial charge in [-0.1, -0.05) is 11.6 Å². The zero-order valence-corrected chi connectivity index (χ0v) is 20.8. The highest BCUT2D eigenvalue weighted by Crippen LogP contribution is 2.41. The molecule has 188 valence electrons. The van der Waals surface area contributed by atoms with Crippen LogP contribution in [0.15, 0.2) is 41.6 Å². The number of thiazole rings is 1. The molecule has 0 atom stereocenters. The van der Waals surface area contributed by atoms with Gasteiger partial charge in [0.05, 0.1) is 10.4 Å². The van der Waals surface area contributed by atoms with E-state index < -0.39 is 12.0 Å². The number of carbonyl (C=O) groups excluding carboxylic acids is 3. The third-order valence-electron chi connectivity index (χ3n) is 7.33. The van der Waals surface area contributed by atoms with Crippen molar-refractivity contribution in [2.24, 2.45) is 5.41 Å². The first-order valence-electron chi connectivity index (χ1n) is 12.2. The van der Waals surface area contributed by atoms with Crippen LogP contribution in [0.4, 0.5) is 5.82 Å². The second kappa shape index (κ2) is 10.3. The van der Waals surface area contributed by atoms with Gasteiger partial charge < -0.3 is 20.2 Å². The summed E-state index contributed by atoms with van der Waals surface area (Å²) < 4.78 is 0. The minimum atomic E-state index is -0.588. The van der Waals surface area contributed by atoms with Crippen molar-refractivity contribution in [3.8, 4) is 0 Å². The highest BCUT2D eigenvalue weighted by atomic mass is 32.1. The summed E-state index contributed by atoms with van der Waals surface area (Å²) in [6, 6.07) is 1.97. The van der Waals surface area contributed by atoms with E-state index in [9.17, 15) is 14.4 Å². The molecule has 36 heavy (non-hydrogen) atoms. The van der Waals surface area contributed by atoms with Crippen LogP contribution in [0.1, 0.15) is 35.4 Å². The molecule has 3 aliphatic heterocycles. The summed E-state index contributed by atoms with van der Waals surface area (Å²) in [7, 11) is 0. The molecule has 0 unspecified atom stereocenters. The van der Waals surface area contributed by atoms with Crippen molar-refractivity contribution in [2.45, 2.75) is 32.1 Å². The Hall–Kier alpha value is -3.37. The van der Waals surface area contributed by atoms with E-state index in [1.54, 1.807) is 34.6 Å². The maximum Gasteiger partial charge on any atom is 0.248 e. The molecule has 1 spiro atoms. The van der Waals surface area contributed by atoms with E-state index in [-0.39, 0.29) is 17.7 Å². The largest absolute Gasteiger partial charge is 0.387 e. The van der Waals surface area contributed by atoms with Gasteiger partial charge in [-0.25, -0.2) is 9.97 Å².